The molecule has 0 radical (unpaired) electrons. The molecule has 0 spiro atoms. The minimum atomic E-state index is 0.685. The van der Waals surface area contributed by atoms with Gasteiger partial charge in [0.25, 0.3) is 0 Å². The smallest absolute Gasteiger partial charge is 0.00216 e. The van der Waals surface area contributed by atoms with Gasteiger partial charge in [-0.25, -0.2) is 0 Å². The fourth-order valence-electron chi connectivity index (χ4n) is 3.26. The van der Waals surface area contributed by atoms with Crippen LogP contribution in [0.3, 0.4) is 0 Å². The van der Waals surface area contributed by atoms with Gasteiger partial charge >= 0.3 is 0 Å². The van der Waals surface area contributed by atoms with Crippen LogP contribution in [-0.4, -0.2) is 0 Å². The van der Waals surface area contributed by atoms with Crippen LogP contribution in [-0.2, 0) is 0 Å². The maximum atomic E-state index is 2.41. The van der Waals surface area contributed by atoms with Gasteiger partial charge in [0.15, 0.2) is 0 Å². The zero-order valence-electron chi connectivity index (χ0n) is 9.19. The Hall–Kier alpha value is -1.56. The Morgan fingerprint density at radius 3 is 1.69 bits per heavy atom. The highest BCUT2D eigenvalue weighted by Crippen LogP contribution is 2.46. The molecule has 2 aromatic carbocycles. The van der Waals surface area contributed by atoms with Crippen molar-refractivity contribution in [3.05, 3.63) is 59.7 Å². The van der Waals surface area contributed by atoms with Gasteiger partial charge in [0.2, 0.25) is 0 Å². The van der Waals surface area contributed by atoms with E-state index in [0.29, 0.717) is 11.8 Å². The molecule has 2 atom stereocenters. The molecule has 0 aliphatic heterocycles. The minimum absolute atomic E-state index is 0.685. The summed E-state index contributed by atoms with van der Waals surface area (Å²) < 4.78 is 0. The standard InChI is InChI=1S/C16H14/c1-2-4-14-10-16-12-7-5-11(6-8-12)15(16)9-13(14)3-1/h1-5,7,9-12H,6,8H2. The van der Waals surface area contributed by atoms with Crippen molar-refractivity contribution in [3.8, 4) is 0 Å². The van der Waals surface area contributed by atoms with Crippen LogP contribution in [0.5, 0.6) is 0 Å². The fourth-order valence-corrected chi connectivity index (χ4v) is 3.26. The highest BCUT2D eigenvalue weighted by molar-refractivity contribution is 5.85. The molecule has 0 fully saturated rings. The first-order valence-corrected chi connectivity index (χ1v) is 6.13. The Bertz CT molecular complexity index is 540. The molecule has 78 valence electrons. The molecular weight excluding hydrogens is 192 g/mol. The van der Waals surface area contributed by atoms with Crippen molar-refractivity contribution in [2.24, 2.45) is 0 Å². The number of hydrogen-bond donors (Lipinski definition) is 0. The summed E-state index contributed by atoms with van der Waals surface area (Å²) in [4.78, 5) is 0. The topological polar surface area (TPSA) is 0 Å². The summed E-state index contributed by atoms with van der Waals surface area (Å²) >= 11 is 0. The Balaban J connectivity index is 2.06. The quantitative estimate of drug-likeness (QED) is 0.561. The van der Waals surface area contributed by atoms with Crippen molar-refractivity contribution in [3.63, 3.8) is 0 Å². The van der Waals surface area contributed by atoms with E-state index in [1.54, 1.807) is 11.1 Å². The lowest BCUT2D eigenvalue weighted by atomic mass is 9.71. The van der Waals surface area contributed by atoms with Gasteiger partial charge in [0.05, 0.1) is 0 Å². The molecule has 2 aromatic rings. The first-order valence-electron chi connectivity index (χ1n) is 6.13. The summed E-state index contributed by atoms with van der Waals surface area (Å²) in [6, 6.07) is 13.5. The van der Waals surface area contributed by atoms with E-state index in [1.807, 2.05) is 0 Å². The molecule has 2 unspecified atom stereocenters. The van der Waals surface area contributed by atoms with Gasteiger partial charge in [-0.1, -0.05) is 48.6 Å². The van der Waals surface area contributed by atoms with Crippen LogP contribution in [0.1, 0.15) is 35.8 Å². The lowest BCUT2D eigenvalue weighted by Crippen LogP contribution is -2.16. The first-order chi connectivity index (χ1) is 7.92. The van der Waals surface area contributed by atoms with Gasteiger partial charge in [-0.2, -0.15) is 0 Å². The Labute approximate surface area is 95.6 Å². The molecule has 3 aliphatic rings. The van der Waals surface area contributed by atoms with Crippen LogP contribution in [0, 0.1) is 0 Å². The van der Waals surface area contributed by atoms with Gasteiger partial charge in [0, 0.05) is 11.8 Å². The molecule has 5 rings (SSSR count). The van der Waals surface area contributed by atoms with Crippen molar-refractivity contribution < 1.29 is 0 Å². The molecule has 0 N–H and O–H groups in total. The molecular formula is C16H14. The van der Waals surface area contributed by atoms with Crippen LogP contribution < -0.4 is 0 Å². The van der Waals surface area contributed by atoms with Crippen LogP contribution >= 0.6 is 0 Å². The predicted molar refractivity (Wildman–Crippen MR) is 67.8 cm³/mol. The van der Waals surface area contributed by atoms with Gasteiger partial charge in [-0.3, -0.25) is 0 Å². The van der Waals surface area contributed by atoms with E-state index in [2.05, 4.69) is 48.6 Å². The van der Waals surface area contributed by atoms with Crippen LogP contribution in [0.25, 0.3) is 10.8 Å². The fraction of sp³-hybridized carbons (Fsp3) is 0.250. The normalized spacial score (nSPS) is 26.0. The number of fused-ring (bicyclic) bond motifs is 2. The monoisotopic (exact) mass is 206 g/mol. The summed E-state index contributed by atoms with van der Waals surface area (Å²) in [6.07, 6.45) is 7.50. The van der Waals surface area contributed by atoms with E-state index in [9.17, 15) is 0 Å². The molecule has 0 heteroatoms. The molecule has 0 saturated carbocycles. The molecule has 0 amide bonds. The average Bonchev–Trinajstić information content (AvgIpc) is 2.38. The largest absolute Gasteiger partial charge is 0.0804 e. The second-order valence-electron chi connectivity index (χ2n) is 5.00. The third kappa shape index (κ3) is 1.05. The summed E-state index contributed by atoms with van der Waals surface area (Å²) in [5.74, 6) is 1.37. The number of rotatable bonds is 0. The maximum absolute atomic E-state index is 2.41. The zero-order chi connectivity index (χ0) is 10.5. The van der Waals surface area contributed by atoms with Crippen molar-refractivity contribution in [1.29, 1.82) is 0 Å². The molecule has 2 bridgehead atoms. The third-order valence-corrected chi connectivity index (χ3v) is 4.11. The van der Waals surface area contributed by atoms with Crippen molar-refractivity contribution in [2.75, 3.05) is 0 Å². The summed E-state index contributed by atoms with van der Waals surface area (Å²) in [6.45, 7) is 0. The van der Waals surface area contributed by atoms with Gasteiger partial charge in [0.1, 0.15) is 0 Å². The summed E-state index contributed by atoms with van der Waals surface area (Å²) in [7, 11) is 0. The summed E-state index contributed by atoms with van der Waals surface area (Å²) in [5.41, 5.74) is 3.16. The van der Waals surface area contributed by atoms with E-state index >= 15 is 0 Å². The highest BCUT2D eigenvalue weighted by Gasteiger charge is 2.28. The second-order valence-corrected chi connectivity index (χ2v) is 5.00. The van der Waals surface area contributed by atoms with E-state index < -0.39 is 0 Å². The van der Waals surface area contributed by atoms with E-state index in [-0.39, 0.29) is 0 Å². The number of hydrogen-bond acceptors (Lipinski definition) is 0. The van der Waals surface area contributed by atoms with Crippen LogP contribution in [0.4, 0.5) is 0 Å². The maximum Gasteiger partial charge on any atom is 0.00216 e. The van der Waals surface area contributed by atoms with E-state index in [0.717, 1.165) is 0 Å². The van der Waals surface area contributed by atoms with Crippen molar-refractivity contribution in [1.82, 2.24) is 0 Å². The number of benzene rings is 2. The molecule has 0 aromatic heterocycles. The Morgan fingerprint density at radius 2 is 1.25 bits per heavy atom. The molecule has 0 nitrogen and oxygen atoms in total. The minimum Gasteiger partial charge on any atom is -0.0804 e. The molecule has 3 aliphatic carbocycles. The average molecular weight is 206 g/mol. The predicted octanol–water partition coefficient (Wildman–Crippen LogP) is 4.37. The van der Waals surface area contributed by atoms with Gasteiger partial charge in [-0.15, -0.1) is 0 Å². The molecule has 0 heterocycles. The Kier molecular flexibility index (Phi) is 1.59. The third-order valence-electron chi connectivity index (χ3n) is 4.11. The van der Waals surface area contributed by atoms with Gasteiger partial charge < -0.3 is 0 Å². The van der Waals surface area contributed by atoms with Gasteiger partial charge in [-0.05, 0) is 34.7 Å². The van der Waals surface area contributed by atoms with E-state index in [1.165, 1.54) is 23.6 Å². The SMILES string of the molecule is C1=CC2CCC1c1cc3ccccc3cc12. The highest BCUT2D eigenvalue weighted by atomic mass is 14.3. The lowest BCUT2D eigenvalue weighted by molar-refractivity contribution is 0.554. The van der Waals surface area contributed by atoms with Crippen LogP contribution in [0.2, 0.25) is 0 Å². The first kappa shape index (κ1) is 8.58. The lowest BCUT2D eigenvalue weighted by Gasteiger charge is -2.33. The van der Waals surface area contributed by atoms with E-state index in [4.69, 9.17) is 0 Å². The number of allylic oxidation sites excluding steroid dienone is 2. The summed E-state index contributed by atoms with van der Waals surface area (Å²) in [5, 5.41) is 2.78. The van der Waals surface area contributed by atoms with Crippen molar-refractivity contribution in [2.45, 2.75) is 24.7 Å². The Morgan fingerprint density at radius 1 is 0.750 bits per heavy atom. The zero-order valence-corrected chi connectivity index (χ0v) is 9.19. The second kappa shape index (κ2) is 2.98. The van der Waals surface area contributed by atoms with Crippen molar-refractivity contribution >= 4 is 10.8 Å². The molecule has 16 heavy (non-hydrogen) atoms. The molecule has 0 saturated heterocycles. The van der Waals surface area contributed by atoms with Crippen LogP contribution in [0.15, 0.2) is 48.6 Å².